The zero-order valence-corrected chi connectivity index (χ0v) is 17.5. The van der Waals surface area contributed by atoms with E-state index in [4.69, 9.17) is 9.47 Å². The lowest BCUT2D eigenvalue weighted by Crippen LogP contribution is -2.42. The molecule has 1 aliphatic heterocycles. The third kappa shape index (κ3) is 4.21. The predicted octanol–water partition coefficient (Wildman–Crippen LogP) is 2.49. The molecule has 7 nitrogen and oxygen atoms in total. The number of carbonyl (C=O) groups is 1. The van der Waals surface area contributed by atoms with E-state index in [1.54, 1.807) is 13.3 Å². The number of anilines is 1. The van der Waals surface area contributed by atoms with Crippen molar-refractivity contribution >= 4 is 11.7 Å². The molecule has 4 atom stereocenters. The monoisotopic (exact) mass is 411 g/mol. The number of nitrogens with zero attached hydrogens (tertiary/aromatic N) is 2. The van der Waals surface area contributed by atoms with Gasteiger partial charge in [0.1, 0.15) is 11.9 Å². The molecule has 2 aliphatic rings. The molecule has 1 saturated heterocycles. The van der Waals surface area contributed by atoms with Crippen molar-refractivity contribution in [3.8, 4) is 11.5 Å². The minimum absolute atomic E-state index is 0.105. The zero-order chi connectivity index (χ0) is 21.1. The Bertz CT molecular complexity index is 873. The van der Waals surface area contributed by atoms with E-state index in [0.29, 0.717) is 41.9 Å². The van der Waals surface area contributed by atoms with Crippen molar-refractivity contribution in [2.24, 2.45) is 11.8 Å². The van der Waals surface area contributed by atoms with E-state index in [2.05, 4.69) is 15.2 Å². The number of nitrogens with one attached hydrogen (secondary N) is 1. The Morgan fingerprint density at radius 3 is 2.57 bits per heavy atom. The first-order valence-corrected chi connectivity index (χ1v) is 10.6. The highest BCUT2D eigenvalue weighted by atomic mass is 16.5. The summed E-state index contributed by atoms with van der Waals surface area (Å²) in [5.74, 6) is 2.94. The van der Waals surface area contributed by atoms with E-state index < -0.39 is 6.10 Å². The number of methoxy groups -OCH3 is 1. The molecule has 2 N–H and O–H groups in total. The highest BCUT2D eigenvalue weighted by molar-refractivity contribution is 5.94. The number of pyridine rings is 1. The topological polar surface area (TPSA) is 83.9 Å². The summed E-state index contributed by atoms with van der Waals surface area (Å²) >= 11 is 0. The molecule has 2 aromatic rings. The van der Waals surface area contributed by atoms with Crippen molar-refractivity contribution in [1.82, 2.24) is 10.3 Å². The molecule has 1 saturated carbocycles. The van der Waals surface area contributed by atoms with Crippen LogP contribution in [-0.4, -0.2) is 54.9 Å². The number of fused-ring (bicyclic) bond motifs is 1. The molecule has 4 rings (SSSR count). The van der Waals surface area contributed by atoms with Crippen LogP contribution >= 0.6 is 0 Å². The van der Waals surface area contributed by atoms with Crippen LogP contribution in [0.1, 0.15) is 30.1 Å². The van der Waals surface area contributed by atoms with Gasteiger partial charge >= 0.3 is 0 Å². The SMILES string of the molecule is CCNC(=O)c1ccc(N2C[C@H]3C[C@@H](Oc4ccccc4OC)[C@H](O)C[C@H]3C2)nc1. The van der Waals surface area contributed by atoms with Crippen LogP contribution in [0.3, 0.4) is 0 Å². The molecule has 1 amide bonds. The number of aliphatic hydroxyl groups excluding tert-OH is 1. The molecule has 160 valence electrons. The fraction of sp³-hybridized carbons (Fsp3) is 0.478. The second-order valence-electron chi connectivity index (χ2n) is 8.04. The van der Waals surface area contributed by atoms with E-state index >= 15 is 0 Å². The smallest absolute Gasteiger partial charge is 0.252 e. The quantitative estimate of drug-likeness (QED) is 0.760. The van der Waals surface area contributed by atoms with E-state index in [1.165, 1.54) is 0 Å². The number of hydrogen-bond acceptors (Lipinski definition) is 6. The van der Waals surface area contributed by atoms with Gasteiger partial charge in [0.15, 0.2) is 11.5 Å². The maximum atomic E-state index is 11.9. The van der Waals surface area contributed by atoms with Crippen molar-refractivity contribution in [3.05, 3.63) is 48.2 Å². The average molecular weight is 412 g/mol. The molecule has 0 spiro atoms. The number of aromatic nitrogens is 1. The minimum Gasteiger partial charge on any atom is -0.493 e. The summed E-state index contributed by atoms with van der Waals surface area (Å²) in [6, 6.07) is 11.3. The van der Waals surface area contributed by atoms with E-state index in [1.807, 2.05) is 43.3 Å². The van der Waals surface area contributed by atoms with Gasteiger partial charge in [-0.3, -0.25) is 4.79 Å². The van der Waals surface area contributed by atoms with E-state index in [-0.39, 0.29) is 12.0 Å². The normalized spacial score (nSPS) is 25.5. The molecule has 2 heterocycles. The maximum absolute atomic E-state index is 11.9. The van der Waals surface area contributed by atoms with E-state index in [0.717, 1.165) is 25.3 Å². The fourth-order valence-electron chi connectivity index (χ4n) is 4.55. The summed E-state index contributed by atoms with van der Waals surface area (Å²) in [4.78, 5) is 18.7. The average Bonchev–Trinajstić information content (AvgIpc) is 3.17. The van der Waals surface area contributed by atoms with Crippen LogP contribution in [0.15, 0.2) is 42.6 Å². The van der Waals surface area contributed by atoms with Gasteiger partial charge in [-0.2, -0.15) is 0 Å². The molecule has 1 aliphatic carbocycles. The van der Waals surface area contributed by atoms with Crippen LogP contribution in [0.4, 0.5) is 5.82 Å². The van der Waals surface area contributed by atoms with Crippen molar-refractivity contribution in [2.75, 3.05) is 31.6 Å². The van der Waals surface area contributed by atoms with Gasteiger partial charge in [0.2, 0.25) is 0 Å². The van der Waals surface area contributed by atoms with Crippen LogP contribution < -0.4 is 19.7 Å². The molecule has 1 aromatic carbocycles. The molecule has 0 radical (unpaired) electrons. The summed E-state index contributed by atoms with van der Waals surface area (Å²) < 4.78 is 11.5. The van der Waals surface area contributed by atoms with Crippen molar-refractivity contribution in [2.45, 2.75) is 32.0 Å². The largest absolute Gasteiger partial charge is 0.493 e. The molecule has 1 aromatic heterocycles. The van der Waals surface area contributed by atoms with Gasteiger partial charge in [0.25, 0.3) is 5.91 Å². The Hall–Kier alpha value is -2.80. The first-order chi connectivity index (χ1) is 14.6. The maximum Gasteiger partial charge on any atom is 0.252 e. The summed E-state index contributed by atoms with van der Waals surface area (Å²) in [7, 11) is 1.62. The first kappa shape index (κ1) is 20.5. The van der Waals surface area contributed by atoms with Gasteiger partial charge in [-0.15, -0.1) is 0 Å². The molecule has 0 bridgehead atoms. The van der Waals surface area contributed by atoms with Crippen LogP contribution in [0.2, 0.25) is 0 Å². The Balaban J connectivity index is 1.41. The van der Waals surface area contributed by atoms with Gasteiger partial charge in [-0.05, 0) is 55.9 Å². The summed E-state index contributed by atoms with van der Waals surface area (Å²) in [6.07, 6.45) is 2.36. The highest BCUT2D eigenvalue weighted by Gasteiger charge is 2.43. The molecule has 2 fully saturated rings. The van der Waals surface area contributed by atoms with Gasteiger partial charge in [0, 0.05) is 25.8 Å². The van der Waals surface area contributed by atoms with Crippen LogP contribution in [-0.2, 0) is 0 Å². The minimum atomic E-state index is -0.510. The van der Waals surface area contributed by atoms with Gasteiger partial charge in [0.05, 0.1) is 18.8 Å². The van der Waals surface area contributed by atoms with Crippen molar-refractivity contribution in [1.29, 1.82) is 0 Å². The Morgan fingerprint density at radius 2 is 1.90 bits per heavy atom. The van der Waals surface area contributed by atoms with Crippen molar-refractivity contribution < 1.29 is 19.4 Å². The number of ether oxygens (including phenoxy) is 2. The Labute approximate surface area is 177 Å². The van der Waals surface area contributed by atoms with Crippen LogP contribution in [0.25, 0.3) is 0 Å². The van der Waals surface area contributed by atoms with Crippen molar-refractivity contribution in [3.63, 3.8) is 0 Å². The van der Waals surface area contributed by atoms with Crippen LogP contribution in [0.5, 0.6) is 11.5 Å². The molecular formula is C23H29N3O4. The lowest BCUT2D eigenvalue weighted by Gasteiger charge is -2.35. The lowest BCUT2D eigenvalue weighted by molar-refractivity contribution is -0.0240. The molecule has 0 unspecified atom stereocenters. The Kier molecular flexibility index (Phi) is 6.08. The highest BCUT2D eigenvalue weighted by Crippen LogP contribution is 2.40. The number of aliphatic hydroxyl groups is 1. The Morgan fingerprint density at radius 1 is 1.17 bits per heavy atom. The number of carbonyl (C=O) groups excluding carboxylic acids is 1. The number of rotatable bonds is 6. The first-order valence-electron chi connectivity index (χ1n) is 10.6. The molecule has 7 heteroatoms. The van der Waals surface area contributed by atoms with Gasteiger partial charge < -0.3 is 24.8 Å². The zero-order valence-electron chi connectivity index (χ0n) is 17.5. The predicted molar refractivity (Wildman–Crippen MR) is 114 cm³/mol. The second-order valence-corrected chi connectivity index (χ2v) is 8.04. The molecular weight excluding hydrogens is 382 g/mol. The number of para-hydroxylation sites is 2. The third-order valence-electron chi connectivity index (χ3n) is 6.10. The second kappa shape index (κ2) is 8.92. The summed E-state index contributed by atoms with van der Waals surface area (Å²) in [6.45, 7) is 4.22. The third-order valence-corrected chi connectivity index (χ3v) is 6.10. The van der Waals surface area contributed by atoms with E-state index in [9.17, 15) is 9.90 Å². The van der Waals surface area contributed by atoms with Gasteiger partial charge in [-0.25, -0.2) is 4.98 Å². The molecule has 30 heavy (non-hydrogen) atoms. The summed E-state index contributed by atoms with van der Waals surface area (Å²) in [5.41, 5.74) is 0.568. The number of benzene rings is 1. The number of hydrogen-bond donors (Lipinski definition) is 2. The standard InChI is InChI=1S/C23H29N3O4/c1-3-24-23(28)15-8-9-22(25-12-15)26-13-16-10-18(27)21(11-17(16)14-26)30-20-7-5-4-6-19(20)29-2/h4-9,12,16-18,21,27H,3,10-11,13-14H2,1-2H3,(H,24,28)/t16-,17+,18+,21+/m0/s1. The van der Waals surface area contributed by atoms with Gasteiger partial charge in [-0.1, -0.05) is 12.1 Å². The number of amides is 1. The summed E-state index contributed by atoms with van der Waals surface area (Å²) in [5, 5.41) is 13.5. The van der Waals surface area contributed by atoms with Crippen LogP contribution in [0, 0.1) is 11.8 Å². The fourth-order valence-corrected chi connectivity index (χ4v) is 4.55. The lowest BCUT2D eigenvalue weighted by atomic mass is 9.78.